The summed E-state index contributed by atoms with van der Waals surface area (Å²) in [7, 11) is 0. The maximum atomic E-state index is 12.6. The zero-order valence-electron chi connectivity index (χ0n) is 16.0. The Balaban J connectivity index is 1.91. The molecule has 0 spiro atoms. The Bertz CT molecular complexity index is 1040. The van der Waals surface area contributed by atoms with Crippen molar-refractivity contribution in [3.05, 3.63) is 64.8 Å². The van der Waals surface area contributed by atoms with Gasteiger partial charge in [0.1, 0.15) is 17.0 Å². The van der Waals surface area contributed by atoms with Gasteiger partial charge in [-0.05, 0) is 25.5 Å². The number of aryl methyl sites for hydroxylation is 2. The average Bonchev–Trinajstić information content (AvgIpc) is 3.04. The van der Waals surface area contributed by atoms with Crippen molar-refractivity contribution in [3.8, 4) is 5.88 Å². The van der Waals surface area contributed by atoms with Gasteiger partial charge in [0.05, 0.1) is 11.9 Å². The number of nitrogens with zero attached hydrogens (tertiary/aromatic N) is 3. The molecule has 0 aliphatic heterocycles. The van der Waals surface area contributed by atoms with Gasteiger partial charge in [0.25, 0.3) is 5.91 Å². The minimum atomic E-state index is -4.53. The first kappa shape index (κ1) is 21.0. The predicted octanol–water partition coefficient (Wildman–Crippen LogP) is 4.45. The number of halogens is 3. The van der Waals surface area contributed by atoms with Crippen LogP contribution in [0.15, 0.2) is 41.1 Å². The van der Waals surface area contributed by atoms with Gasteiger partial charge >= 0.3 is 6.18 Å². The van der Waals surface area contributed by atoms with E-state index in [2.05, 4.69) is 25.2 Å². The fourth-order valence-electron chi connectivity index (χ4n) is 2.54. The molecule has 2 aromatic heterocycles. The Hall–Kier alpha value is -3.69. The molecule has 0 atom stereocenters. The maximum absolute atomic E-state index is 12.6. The van der Waals surface area contributed by atoms with Crippen LogP contribution in [-0.4, -0.2) is 33.8 Å². The largest absolute Gasteiger partial charge is 0.467 e. The highest BCUT2D eigenvalue weighted by atomic mass is 19.4. The van der Waals surface area contributed by atoms with Gasteiger partial charge in [0.15, 0.2) is 12.4 Å². The molecule has 0 saturated carbocycles. The highest BCUT2D eigenvalue weighted by Crippen LogP contribution is 2.22. The lowest BCUT2D eigenvalue weighted by Gasteiger charge is -2.11. The second-order valence-electron chi connectivity index (χ2n) is 6.24. The van der Waals surface area contributed by atoms with Crippen LogP contribution in [0, 0.1) is 13.8 Å². The van der Waals surface area contributed by atoms with Gasteiger partial charge in [-0.25, -0.2) is 4.98 Å². The molecule has 0 aliphatic rings. The van der Waals surface area contributed by atoms with E-state index in [1.807, 2.05) is 30.3 Å². The molecular formula is C20H17F3N4O3. The van der Waals surface area contributed by atoms with Crippen molar-refractivity contribution >= 4 is 23.9 Å². The number of ether oxygens (including phenoxy) is 1. The number of carbonyl (C=O) groups excluding carboxylic acids is 1. The first-order valence-electron chi connectivity index (χ1n) is 8.77. The molecule has 7 nitrogen and oxygen atoms in total. The average molecular weight is 418 g/mol. The van der Waals surface area contributed by atoms with E-state index < -0.39 is 18.7 Å². The molecule has 1 aromatic carbocycles. The lowest BCUT2D eigenvalue weighted by Crippen LogP contribution is -2.20. The Labute approximate surface area is 169 Å². The van der Waals surface area contributed by atoms with Crippen molar-refractivity contribution in [2.75, 3.05) is 11.9 Å². The van der Waals surface area contributed by atoms with E-state index in [0.717, 1.165) is 11.8 Å². The van der Waals surface area contributed by atoms with E-state index in [1.54, 1.807) is 26.0 Å². The van der Waals surface area contributed by atoms with E-state index in [-0.39, 0.29) is 23.0 Å². The molecule has 0 saturated heterocycles. The van der Waals surface area contributed by atoms with Crippen LogP contribution >= 0.6 is 0 Å². The van der Waals surface area contributed by atoms with Crippen molar-refractivity contribution in [2.45, 2.75) is 20.0 Å². The number of alkyl halides is 3. The Morgan fingerprint density at radius 3 is 2.57 bits per heavy atom. The summed E-state index contributed by atoms with van der Waals surface area (Å²) < 4.78 is 47.0. The van der Waals surface area contributed by atoms with Crippen molar-refractivity contribution in [2.24, 2.45) is 0 Å². The van der Waals surface area contributed by atoms with Crippen LogP contribution in [0.5, 0.6) is 5.88 Å². The van der Waals surface area contributed by atoms with Crippen LogP contribution in [0.3, 0.4) is 0 Å². The molecule has 2 heterocycles. The monoisotopic (exact) mass is 418 g/mol. The minimum Gasteiger partial charge on any atom is -0.467 e. The molecule has 3 aromatic rings. The summed E-state index contributed by atoms with van der Waals surface area (Å²) >= 11 is 0. The normalized spacial score (nSPS) is 11.6. The smallest absolute Gasteiger partial charge is 0.422 e. The maximum Gasteiger partial charge on any atom is 0.422 e. The SMILES string of the molecule is Cc1noc(C)c1C(=O)Nc1nc(OCC(F)(F)F)cnc1/C=C\c1ccccc1. The predicted molar refractivity (Wildman–Crippen MR) is 103 cm³/mol. The van der Waals surface area contributed by atoms with Crippen molar-refractivity contribution in [1.82, 2.24) is 15.1 Å². The molecule has 30 heavy (non-hydrogen) atoms. The Kier molecular flexibility index (Phi) is 6.14. The summed E-state index contributed by atoms with van der Waals surface area (Å²) in [6.07, 6.45) is -0.166. The highest BCUT2D eigenvalue weighted by molar-refractivity contribution is 6.06. The quantitative estimate of drug-likeness (QED) is 0.636. The van der Waals surface area contributed by atoms with Crippen molar-refractivity contribution < 1.29 is 27.2 Å². The summed E-state index contributed by atoms with van der Waals surface area (Å²) in [4.78, 5) is 20.7. The lowest BCUT2D eigenvalue weighted by molar-refractivity contribution is -0.154. The van der Waals surface area contributed by atoms with Gasteiger partial charge in [-0.2, -0.15) is 18.2 Å². The standard InChI is InChI=1S/C20H17F3N4O3/c1-12-17(13(2)30-27-12)19(28)26-18-15(9-8-14-6-4-3-5-7-14)24-10-16(25-18)29-11-20(21,22)23/h3-10H,11H2,1-2H3,(H,25,26,28)/b9-8-. The molecule has 3 rings (SSSR count). The number of amides is 1. The number of carbonyl (C=O) groups is 1. The van der Waals surface area contributed by atoms with E-state index >= 15 is 0 Å². The first-order chi connectivity index (χ1) is 14.2. The molecule has 0 bridgehead atoms. The zero-order chi connectivity index (χ0) is 21.7. The van der Waals surface area contributed by atoms with Gasteiger partial charge in [0.2, 0.25) is 5.88 Å². The molecular weight excluding hydrogens is 401 g/mol. The van der Waals surface area contributed by atoms with Crippen LogP contribution < -0.4 is 10.1 Å². The summed E-state index contributed by atoms with van der Waals surface area (Å²) in [5.74, 6) is -0.725. The number of rotatable bonds is 6. The van der Waals surface area contributed by atoms with Crippen LogP contribution in [0.1, 0.15) is 33.1 Å². The van der Waals surface area contributed by atoms with Gasteiger partial charge in [-0.3, -0.25) is 4.79 Å². The number of benzene rings is 1. The van der Waals surface area contributed by atoms with Crippen LogP contribution in [0.25, 0.3) is 12.2 Å². The van der Waals surface area contributed by atoms with Gasteiger partial charge in [-0.15, -0.1) is 0 Å². The van der Waals surface area contributed by atoms with Crippen LogP contribution in [-0.2, 0) is 0 Å². The van der Waals surface area contributed by atoms with E-state index in [9.17, 15) is 18.0 Å². The summed E-state index contributed by atoms with van der Waals surface area (Å²) in [5, 5.41) is 6.26. The van der Waals surface area contributed by atoms with E-state index in [0.29, 0.717) is 11.5 Å². The van der Waals surface area contributed by atoms with Crippen molar-refractivity contribution in [3.63, 3.8) is 0 Å². The van der Waals surface area contributed by atoms with Gasteiger partial charge < -0.3 is 14.6 Å². The Morgan fingerprint density at radius 2 is 1.93 bits per heavy atom. The molecule has 156 valence electrons. The van der Waals surface area contributed by atoms with Crippen LogP contribution in [0.2, 0.25) is 0 Å². The third kappa shape index (κ3) is 5.43. The van der Waals surface area contributed by atoms with Crippen molar-refractivity contribution in [1.29, 1.82) is 0 Å². The number of anilines is 1. The highest BCUT2D eigenvalue weighted by Gasteiger charge is 2.29. The molecule has 1 amide bonds. The number of nitrogens with one attached hydrogen (secondary N) is 1. The fourth-order valence-corrected chi connectivity index (χ4v) is 2.54. The third-order valence-electron chi connectivity index (χ3n) is 3.89. The second kappa shape index (κ2) is 8.76. The lowest BCUT2D eigenvalue weighted by atomic mass is 10.2. The second-order valence-corrected chi connectivity index (χ2v) is 6.24. The number of hydrogen-bond donors (Lipinski definition) is 1. The molecule has 0 unspecified atom stereocenters. The first-order valence-corrected chi connectivity index (χ1v) is 8.77. The number of hydrogen-bond acceptors (Lipinski definition) is 6. The van der Waals surface area contributed by atoms with Crippen LogP contribution in [0.4, 0.5) is 19.0 Å². The van der Waals surface area contributed by atoms with E-state index in [1.165, 1.54) is 0 Å². The van der Waals surface area contributed by atoms with Gasteiger partial charge in [0, 0.05) is 0 Å². The Morgan fingerprint density at radius 1 is 1.20 bits per heavy atom. The third-order valence-corrected chi connectivity index (χ3v) is 3.89. The topological polar surface area (TPSA) is 90.1 Å². The molecule has 10 heteroatoms. The zero-order valence-corrected chi connectivity index (χ0v) is 16.0. The summed E-state index contributed by atoms with van der Waals surface area (Å²) in [5.41, 5.74) is 1.67. The summed E-state index contributed by atoms with van der Waals surface area (Å²) in [6, 6.07) is 9.26. The number of aromatic nitrogens is 3. The summed E-state index contributed by atoms with van der Waals surface area (Å²) in [6.45, 7) is 1.63. The molecule has 0 aliphatic carbocycles. The fraction of sp³-hybridized carbons (Fsp3) is 0.200. The van der Waals surface area contributed by atoms with E-state index in [4.69, 9.17) is 4.52 Å². The molecule has 1 N–H and O–H groups in total. The van der Waals surface area contributed by atoms with Gasteiger partial charge in [-0.1, -0.05) is 41.6 Å². The molecule has 0 radical (unpaired) electrons. The molecule has 0 fully saturated rings. The minimum absolute atomic E-state index is 0.0631.